The number of rotatable bonds is 4. The Balaban J connectivity index is 2.19. The van der Waals surface area contributed by atoms with E-state index in [2.05, 4.69) is 55.6 Å². The van der Waals surface area contributed by atoms with Crippen LogP contribution in [0.15, 0.2) is 35.1 Å². The summed E-state index contributed by atoms with van der Waals surface area (Å²) in [7, 11) is 1.86. The summed E-state index contributed by atoms with van der Waals surface area (Å²) in [4.78, 5) is 8.48. The lowest BCUT2D eigenvalue weighted by molar-refractivity contribution is 0.868. The van der Waals surface area contributed by atoms with Crippen molar-refractivity contribution in [3.63, 3.8) is 0 Å². The molecule has 100 valence electrons. The molecule has 2 aromatic rings. The lowest BCUT2D eigenvalue weighted by Crippen LogP contribution is -2.10. The highest BCUT2D eigenvalue weighted by atomic mass is 79.9. The molecule has 0 spiro atoms. The van der Waals surface area contributed by atoms with E-state index in [1.165, 1.54) is 5.56 Å². The van der Waals surface area contributed by atoms with Crippen molar-refractivity contribution in [3.05, 3.63) is 46.2 Å². The fourth-order valence-electron chi connectivity index (χ4n) is 1.89. The maximum atomic E-state index is 4.30. The van der Waals surface area contributed by atoms with Crippen LogP contribution in [0.1, 0.15) is 24.1 Å². The number of anilines is 2. The van der Waals surface area contributed by atoms with E-state index in [-0.39, 0.29) is 6.04 Å². The number of nitrogens with one attached hydrogen (secondary N) is 2. The lowest BCUT2D eigenvalue weighted by Gasteiger charge is -2.17. The first-order valence-corrected chi connectivity index (χ1v) is 6.92. The van der Waals surface area contributed by atoms with Gasteiger partial charge in [-0.2, -0.15) is 0 Å². The normalized spacial score (nSPS) is 12.0. The Morgan fingerprint density at radius 3 is 2.37 bits per heavy atom. The Bertz CT molecular complexity index is 554. The number of nitrogens with zero attached hydrogens (tertiary/aromatic N) is 2. The summed E-state index contributed by atoms with van der Waals surface area (Å²) in [6.45, 7) is 4.12. The lowest BCUT2D eigenvalue weighted by atomic mass is 10.1. The van der Waals surface area contributed by atoms with Crippen molar-refractivity contribution in [1.82, 2.24) is 9.97 Å². The molecule has 0 bridgehead atoms. The van der Waals surface area contributed by atoms with E-state index in [1.807, 2.05) is 26.1 Å². The number of halogens is 1. The number of aromatic nitrogens is 2. The maximum Gasteiger partial charge on any atom is 0.134 e. The monoisotopic (exact) mass is 320 g/mol. The average Bonchev–Trinajstić information content (AvgIpc) is 2.42. The van der Waals surface area contributed by atoms with Crippen molar-refractivity contribution < 1.29 is 0 Å². The second-order valence-electron chi connectivity index (χ2n) is 4.36. The molecule has 1 aromatic heterocycles. The zero-order chi connectivity index (χ0) is 13.8. The summed E-state index contributed by atoms with van der Waals surface area (Å²) in [6, 6.07) is 8.46. The minimum absolute atomic E-state index is 0.186. The fourth-order valence-corrected chi connectivity index (χ4v) is 2.15. The van der Waals surface area contributed by atoms with Gasteiger partial charge in [0.05, 0.1) is 0 Å². The zero-order valence-electron chi connectivity index (χ0n) is 11.2. The molecule has 0 saturated heterocycles. The molecule has 0 radical (unpaired) electrons. The topological polar surface area (TPSA) is 49.8 Å². The molecule has 1 heterocycles. The largest absolute Gasteiger partial charge is 0.373 e. The van der Waals surface area contributed by atoms with Crippen LogP contribution in [0.2, 0.25) is 0 Å². The number of benzene rings is 1. The van der Waals surface area contributed by atoms with Gasteiger partial charge in [-0.1, -0.05) is 28.1 Å². The Hall–Kier alpha value is -1.62. The van der Waals surface area contributed by atoms with Crippen molar-refractivity contribution in [2.45, 2.75) is 19.9 Å². The van der Waals surface area contributed by atoms with E-state index in [0.29, 0.717) is 0 Å². The molecule has 0 amide bonds. The van der Waals surface area contributed by atoms with E-state index in [4.69, 9.17) is 0 Å². The standard InChI is InChI=1S/C14H17BrN4/c1-9-13(16-3)17-8-18-14(9)19-10(2)11-4-6-12(15)7-5-11/h4-8,10H,1-3H3,(H2,16,17,18,19). The van der Waals surface area contributed by atoms with E-state index in [9.17, 15) is 0 Å². The van der Waals surface area contributed by atoms with E-state index in [1.54, 1.807) is 6.33 Å². The maximum absolute atomic E-state index is 4.30. The van der Waals surface area contributed by atoms with Crippen LogP contribution in [0.4, 0.5) is 11.6 Å². The Morgan fingerprint density at radius 1 is 1.11 bits per heavy atom. The molecule has 19 heavy (non-hydrogen) atoms. The van der Waals surface area contributed by atoms with E-state index >= 15 is 0 Å². The van der Waals surface area contributed by atoms with Gasteiger partial charge in [-0.15, -0.1) is 0 Å². The van der Waals surface area contributed by atoms with E-state index in [0.717, 1.165) is 21.7 Å². The van der Waals surface area contributed by atoms with Gasteiger partial charge in [0.15, 0.2) is 0 Å². The quantitative estimate of drug-likeness (QED) is 0.900. The first-order valence-electron chi connectivity index (χ1n) is 6.13. The summed E-state index contributed by atoms with van der Waals surface area (Å²) >= 11 is 3.44. The van der Waals surface area contributed by atoms with Gasteiger partial charge in [-0.3, -0.25) is 0 Å². The van der Waals surface area contributed by atoms with Gasteiger partial charge >= 0.3 is 0 Å². The second kappa shape index (κ2) is 6.02. The van der Waals surface area contributed by atoms with Crippen molar-refractivity contribution in [2.24, 2.45) is 0 Å². The molecule has 1 atom stereocenters. The summed E-state index contributed by atoms with van der Waals surface area (Å²) in [6.07, 6.45) is 1.56. The van der Waals surface area contributed by atoms with Crippen LogP contribution in [0, 0.1) is 6.92 Å². The molecule has 5 heteroatoms. The zero-order valence-corrected chi connectivity index (χ0v) is 12.8. The highest BCUT2D eigenvalue weighted by Gasteiger charge is 2.10. The van der Waals surface area contributed by atoms with Gasteiger partial charge in [0.1, 0.15) is 18.0 Å². The summed E-state index contributed by atoms with van der Waals surface area (Å²) in [5.74, 6) is 1.70. The number of hydrogen-bond acceptors (Lipinski definition) is 4. The van der Waals surface area contributed by atoms with Crippen molar-refractivity contribution in [2.75, 3.05) is 17.7 Å². The molecule has 2 rings (SSSR count). The second-order valence-corrected chi connectivity index (χ2v) is 5.28. The molecule has 0 fully saturated rings. The molecular formula is C14H17BrN4. The third kappa shape index (κ3) is 3.23. The molecule has 1 unspecified atom stereocenters. The average molecular weight is 321 g/mol. The molecule has 1 aromatic carbocycles. The smallest absolute Gasteiger partial charge is 0.134 e. The fraction of sp³-hybridized carbons (Fsp3) is 0.286. The summed E-state index contributed by atoms with van der Waals surface area (Å²) < 4.78 is 1.08. The molecule has 0 aliphatic carbocycles. The van der Waals surface area contributed by atoms with Crippen LogP contribution in [-0.4, -0.2) is 17.0 Å². The molecule has 0 aliphatic heterocycles. The van der Waals surface area contributed by atoms with Crippen LogP contribution in [0.3, 0.4) is 0 Å². The first-order chi connectivity index (χ1) is 9.11. The highest BCUT2D eigenvalue weighted by molar-refractivity contribution is 9.10. The Kier molecular flexibility index (Phi) is 4.37. The minimum atomic E-state index is 0.186. The third-order valence-corrected chi connectivity index (χ3v) is 3.57. The van der Waals surface area contributed by atoms with Crippen molar-refractivity contribution >= 4 is 27.6 Å². The van der Waals surface area contributed by atoms with Gasteiger partial charge in [0.2, 0.25) is 0 Å². The van der Waals surface area contributed by atoms with Crippen LogP contribution >= 0.6 is 15.9 Å². The van der Waals surface area contributed by atoms with Gasteiger partial charge in [0.25, 0.3) is 0 Å². The highest BCUT2D eigenvalue weighted by Crippen LogP contribution is 2.24. The molecule has 2 N–H and O–H groups in total. The van der Waals surface area contributed by atoms with Crippen LogP contribution in [0.25, 0.3) is 0 Å². The van der Waals surface area contributed by atoms with Crippen LogP contribution in [0.5, 0.6) is 0 Å². The molecule has 0 saturated carbocycles. The predicted molar refractivity (Wildman–Crippen MR) is 82.5 cm³/mol. The SMILES string of the molecule is CNc1ncnc(NC(C)c2ccc(Br)cc2)c1C. The third-order valence-electron chi connectivity index (χ3n) is 3.04. The Morgan fingerprint density at radius 2 is 1.74 bits per heavy atom. The predicted octanol–water partition coefficient (Wildman–Crippen LogP) is 3.76. The minimum Gasteiger partial charge on any atom is -0.373 e. The van der Waals surface area contributed by atoms with Gasteiger partial charge in [0, 0.05) is 23.1 Å². The van der Waals surface area contributed by atoms with Gasteiger partial charge < -0.3 is 10.6 Å². The van der Waals surface area contributed by atoms with E-state index < -0.39 is 0 Å². The summed E-state index contributed by atoms with van der Waals surface area (Å²) in [5, 5.41) is 6.47. The van der Waals surface area contributed by atoms with Gasteiger partial charge in [-0.05, 0) is 31.5 Å². The van der Waals surface area contributed by atoms with Crippen LogP contribution in [-0.2, 0) is 0 Å². The first kappa shape index (κ1) is 13.8. The molecule has 4 nitrogen and oxygen atoms in total. The van der Waals surface area contributed by atoms with Gasteiger partial charge in [-0.25, -0.2) is 9.97 Å². The number of hydrogen-bond donors (Lipinski definition) is 2. The summed E-state index contributed by atoms with van der Waals surface area (Å²) in [5.41, 5.74) is 2.24. The Labute approximate surface area is 121 Å². The van der Waals surface area contributed by atoms with Crippen molar-refractivity contribution in [1.29, 1.82) is 0 Å². The van der Waals surface area contributed by atoms with Crippen LogP contribution < -0.4 is 10.6 Å². The van der Waals surface area contributed by atoms with Crippen molar-refractivity contribution in [3.8, 4) is 0 Å². The molecule has 0 aliphatic rings. The molecular weight excluding hydrogens is 304 g/mol.